The maximum Gasteiger partial charge on any atom is 0.191 e. The van der Waals surface area contributed by atoms with Crippen LogP contribution in [0.3, 0.4) is 0 Å². The highest BCUT2D eigenvalue weighted by Crippen LogP contribution is 2.25. The number of aryl methyl sites for hydroxylation is 2. The van der Waals surface area contributed by atoms with E-state index in [0.29, 0.717) is 6.04 Å². The molecule has 1 saturated heterocycles. The van der Waals surface area contributed by atoms with Crippen molar-refractivity contribution in [1.29, 1.82) is 0 Å². The van der Waals surface area contributed by atoms with Gasteiger partial charge in [0.1, 0.15) is 5.82 Å². The number of likely N-dealkylation sites (tertiary alicyclic amines) is 1. The number of aromatic nitrogens is 2. The van der Waals surface area contributed by atoms with Gasteiger partial charge in [0.15, 0.2) is 5.96 Å². The van der Waals surface area contributed by atoms with Gasteiger partial charge in [0, 0.05) is 32.0 Å². The molecule has 2 heterocycles. The molecule has 1 aliphatic rings. The summed E-state index contributed by atoms with van der Waals surface area (Å²) >= 11 is 0. The highest BCUT2D eigenvalue weighted by molar-refractivity contribution is 5.79. The number of unbranched alkanes of at least 4 members (excludes halogenated alkanes) is 1. The largest absolute Gasteiger partial charge is 0.357 e. The highest BCUT2D eigenvalue weighted by atomic mass is 15.2. The second-order valence-corrected chi connectivity index (χ2v) is 7.69. The van der Waals surface area contributed by atoms with Gasteiger partial charge in [-0.05, 0) is 58.2 Å². The Balaban J connectivity index is 1.51. The van der Waals surface area contributed by atoms with E-state index in [4.69, 9.17) is 4.99 Å². The van der Waals surface area contributed by atoms with Gasteiger partial charge in [0.2, 0.25) is 0 Å². The van der Waals surface area contributed by atoms with E-state index < -0.39 is 0 Å². The van der Waals surface area contributed by atoms with Gasteiger partial charge in [-0.3, -0.25) is 9.89 Å². The first-order chi connectivity index (χ1) is 14.3. The highest BCUT2D eigenvalue weighted by Gasteiger charge is 2.23. The van der Waals surface area contributed by atoms with Crippen molar-refractivity contribution >= 4 is 5.96 Å². The Morgan fingerprint density at radius 1 is 1.14 bits per heavy atom. The van der Waals surface area contributed by atoms with Crippen molar-refractivity contribution in [2.75, 3.05) is 32.7 Å². The molecule has 1 aromatic carbocycles. The summed E-state index contributed by atoms with van der Waals surface area (Å²) in [4.78, 5) is 11.8. The molecule has 1 unspecified atom stereocenters. The third-order valence-corrected chi connectivity index (χ3v) is 5.57. The molecule has 0 bridgehead atoms. The van der Waals surface area contributed by atoms with Crippen molar-refractivity contribution in [2.24, 2.45) is 4.99 Å². The Morgan fingerprint density at radius 3 is 2.62 bits per heavy atom. The Labute approximate surface area is 175 Å². The van der Waals surface area contributed by atoms with E-state index in [1.807, 2.05) is 6.20 Å². The van der Waals surface area contributed by atoms with Crippen LogP contribution >= 0.6 is 0 Å². The first kappa shape index (κ1) is 21.4. The minimum atomic E-state index is 0.360. The second kappa shape index (κ2) is 11.6. The topological polar surface area (TPSA) is 57.5 Å². The van der Waals surface area contributed by atoms with Crippen LogP contribution in [0.4, 0.5) is 0 Å². The molecule has 3 rings (SSSR count). The van der Waals surface area contributed by atoms with Crippen molar-refractivity contribution in [3.8, 4) is 0 Å². The molecule has 158 valence electrons. The van der Waals surface area contributed by atoms with Crippen LogP contribution in [0.15, 0.2) is 47.7 Å². The van der Waals surface area contributed by atoms with E-state index in [1.165, 1.54) is 31.5 Å². The molecule has 0 radical (unpaired) electrons. The fourth-order valence-electron chi connectivity index (χ4n) is 3.93. The van der Waals surface area contributed by atoms with E-state index in [2.05, 4.69) is 75.5 Å². The summed E-state index contributed by atoms with van der Waals surface area (Å²) in [7, 11) is 0. The molecule has 2 N–H and O–H groups in total. The summed E-state index contributed by atoms with van der Waals surface area (Å²) in [6.45, 7) is 10.1. The fraction of sp³-hybridized carbons (Fsp3) is 0.565. The number of hydrogen-bond acceptors (Lipinski definition) is 3. The SMILES string of the molecule is CCNC(=NCC(c1ccccc1)N1CCCC1)NCCCCn1ccnc1C. The zero-order valence-corrected chi connectivity index (χ0v) is 18.0. The van der Waals surface area contributed by atoms with Crippen molar-refractivity contribution in [3.63, 3.8) is 0 Å². The van der Waals surface area contributed by atoms with Gasteiger partial charge < -0.3 is 15.2 Å². The predicted molar refractivity (Wildman–Crippen MR) is 120 cm³/mol. The number of nitrogens with one attached hydrogen (secondary N) is 2. The van der Waals surface area contributed by atoms with Gasteiger partial charge in [0.05, 0.1) is 12.6 Å². The monoisotopic (exact) mass is 396 g/mol. The van der Waals surface area contributed by atoms with Crippen LogP contribution in [0.5, 0.6) is 0 Å². The smallest absolute Gasteiger partial charge is 0.191 e. The minimum Gasteiger partial charge on any atom is -0.357 e. The lowest BCUT2D eigenvalue weighted by molar-refractivity contribution is 0.251. The van der Waals surface area contributed by atoms with Crippen molar-refractivity contribution in [2.45, 2.75) is 52.1 Å². The van der Waals surface area contributed by atoms with Gasteiger partial charge in [-0.25, -0.2) is 4.98 Å². The number of hydrogen-bond donors (Lipinski definition) is 2. The Bertz CT molecular complexity index is 733. The van der Waals surface area contributed by atoms with E-state index in [9.17, 15) is 0 Å². The molecule has 6 heteroatoms. The zero-order valence-electron chi connectivity index (χ0n) is 18.0. The molecule has 1 atom stereocenters. The lowest BCUT2D eigenvalue weighted by Gasteiger charge is -2.27. The van der Waals surface area contributed by atoms with Gasteiger partial charge in [-0.1, -0.05) is 30.3 Å². The average molecular weight is 397 g/mol. The van der Waals surface area contributed by atoms with Crippen molar-refractivity contribution in [1.82, 2.24) is 25.1 Å². The Kier molecular flexibility index (Phi) is 8.56. The number of imidazole rings is 1. The minimum absolute atomic E-state index is 0.360. The molecule has 6 nitrogen and oxygen atoms in total. The first-order valence-corrected chi connectivity index (χ1v) is 11.1. The first-order valence-electron chi connectivity index (χ1n) is 11.1. The standard InChI is InChI=1S/C23H36N6/c1-3-24-23(26-13-7-8-15-28-18-14-25-20(28)2)27-19-22(29-16-9-10-17-29)21-11-5-4-6-12-21/h4-6,11-12,14,18,22H,3,7-10,13,15-17,19H2,1-2H3,(H2,24,26,27). The maximum absolute atomic E-state index is 4.93. The van der Waals surface area contributed by atoms with Gasteiger partial charge in [0.25, 0.3) is 0 Å². The molecule has 0 saturated carbocycles. The number of rotatable bonds is 10. The number of guanidine groups is 1. The Morgan fingerprint density at radius 2 is 1.93 bits per heavy atom. The van der Waals surface area contributed by atoms with Gasteiger partial charge in [-0.15, -0.1) is 0 Å². The summed E-state index contributed by atoms with van der Waals surface area (Å²) in [6, 6.07) is 11.2. The van der Waals surface area contributed by atoms with Crippen LogP contribution in [0.2, 0.25) is 0 Å². The van der Waals surface area contributed by atoms with E-state index >= 15 is 0 Å². The van der Waals surface area contributed by atoms with Crippen LogP contribution in [0.25, 0.3) is 0 Å². The summed E-state index contributed by atoms with van der Waals surface area (Å²) in [5.41, 5.74) is 1.37. The van der Waals surface area contributed by atoms with Crippen LogP contribution in [0, 0.1) is 6.92 Å². The third-order valence-electron chi connectivity index (χ3n) is 5.57. The molecule has 0 spiro atoms. The third kappa shape index (κ3) is 6.60. The number of nitrogens with zero attached hydrogens (tertiary/aromatic N) is 4. The molecule has 1 aromatic heterocycles. The quantitative estimate of drug-likeness (QED) is 0.367. The molecular formula is C23H36N6. The molecule has 1 fully saturated rings. The summed E-state index contributed by atoms with van der Waals surface area (Å²) in [6.07, 6.45) is 8.74. The van der Waals surface area contributed by atoms with E-state index in [0.717, 1.165) is 50.8 Å². The van der Waals surface area contributed by atoms with Crippen LogP contribution in [-0.2, 0) is 6.54 Å². The average Bonchev–Trinajstić information content (AvgIpc) is 3.41. The lowest BCUT2D eigenvalue weighted by Crippen LogP contribution is -2.39. The van der Waals surface area contributed by atoms with E-state index in [1.54, 1.807) is 0 Å². The van der Waals surface area contributed by atoms with Crippen LogP contribution in [-0.4, -0.2) is 53.1 Å². The normalized spacial score (nSPS) is 16.1. The van der Waals surface area contributed by atoms with Crippen molar-refractivity contribution in [3.05, 3.63) is 54.1 Å². The van der Waals surface area contributed by atoms with Crippen LogP contribution < -0.4 is 10.6 Å². The van der Waals surface area contributed by atoms with Gasteiger partial charge >= 0.3 is 0 Å². The zero-order chi connectivity index (χ0) is 20.3. The summed E-state index contributed by atoms with van der Waals surface area (Å²) < 4.78 is 2.21. The van der Waals surface area contributed by atoms with Crippen molar-refractivity contribution < 1.29 is 0 Å². The molecule has 0 amide bonds. The second-order valence-electron chi connectivity index (χ2n) is 7.69. The molecule has 1 aliphatic heterocycles. The Hall–Kier alpha value is -2.34. The molecule has 29 heavy (non-hydrogen) atoms. The lowest BCUT2D eigenvalue weighted by atomic mass is 10.1. The summed E-state index contributed by atoms with van der Waals surface area (Å²) in [5, 5.41) is 6.91. The van der Waals surface area contributed by atoms with E-state index in [-0.39, 0.29) is 0 Å². The number of benzene rings is 1. The molecule has 0 aliphatic carbocycles. The predicted octanol–water partition coefficient (Wildman–Crippen LogP) is 3.36. The molecular weight excluding hydrogens is 360 g/mol. The van der Waals surface area contributed by atoms with Crippen LogP contribution in [0.1, 0.15) is 50.0 Å². The summed E-state index contributed by atoms with van der Waals surface area (Å²) in [5.74, 6) is 2.01. The molecule has 2 aromatic rings. The fourth-order valence-corrected chi connectivity index (χ4v) is 3.93. The number of aliphatic imine (C=N–C) groups is 1. The van der Waals surface area contributed by atoms with Gasteiger partial charge in [-0.2, -0.15) is 0 Å². The maximum atomic E-state index is 4.93.